The molecule has 0 aromatic heterocycles. The van der Waals surface area contributed by atoms with E-state index in [0.717, 1.165) is 19.3 Å². The molecule has 0 aliphatic rings. The van der Waals surface area contributed by atoms with Gasteiger partial charge >= 0.3 is 11.9 Å². The van der Waals surface area contributed by atoms with E-state index < -0.39 is 23.6 Å². The summed E-state index contributed by atoms with van der Waals surface area (Å²) in [5.41, 5.74) is -0.874. The minimum absolute atomic E-state index is 0.210. The maximum Gasteiger partial charge on any atom is 0.449 e. The van der Waals surface area contributed by atoms with Crippen molar-refractivity contribution in [2.75, 3.05) is 6.61 Å². The normalized spacial score (nSPS) is 12.7. The molecule has 0 saturated heterocycles. The summed E-state index contributed by atoms with van der Waals surface area (Å²) in [7, 11) is 0. The number of hydrogen-bond acceptors (Lipinski definition) is 6. The van der Waals surface area contributed by atoms with Crippen LogP contribution < -0.4 is 0 Å². The van der Waals surface area contributed by atoms with Crippen molar-refractivity contribution < 1.29 is 29.2 Å². The van der Waals surface area contributed by atoms with Crippen LogP contribution in [-0.2, 0) is 24.1 Å². The van der Waals surface area contributed by atoms with E-state index in [4.69, 9.17) is 9.62 Å². The van der Waals surface area contributed by atoms with Crippen molar-refractivity contribution in [1.29, 1.82) is 0 Å². The molecule has 0 aromatic carbocycles. The molecule has 0 fully saturated rings. The second-order valence-electron chi connectivity index (χ2n) is 7.58. The Kier molecular flexibility index (Phi) is 14.3. The molecular weight excluding hydrogens is 336 g/mol. The van der Waals surface area contributed by atoms with Gasteiger partial charge in [-0.3, -0.25) is 4.89 Å². The van der Waals surface area contributed by atoms with Crippen molar-refractivity contribution in [1.82, 2.24) is 0 Å². The Morgan fingerprint density at radius 3 is 1.88 bits per heavy atom. The highest BCUT2D eigenvalue weighted by Crippen LogP contribution is 2.17. The standard InChI is InChI=1S/C20H38O6/c1-5-6-7-8-9-10-11-12-13-14-15-24-18(22)19(23)25-26-20(3,4)16-17(2)21/h17,21H,5-16H2,1-4H3. The van der Waals surface area contributed by atoms with E-state index in [1.807, 2.05) is 0 Å². The van der Waals surface area contributed by atoms with Gasteiger partial charge < -0.3 is 9.84 Å². The molecule has 26 heavy (non-hydrogen) atoms. The van der Waals surface area contributed by atoms with Crippen LogP contribution in [0.1, 0.15) is 98.3 Å². The lowest BCUT2D eigenvalue weighted by Gasteiger charge is -2.23. The Labute approximate surface area is 158 Å². The largest absolute Gasteiger partial charge is 0.457 e. The fourth-order valence-corrected chi connectivity index (χ4v) is 2.74. The van der Waals surface area contributed by atoms with Gasteiger partial charge in [-0.25, -0.2) is 9.59 Å². The molecular formula is C20H38O6. The van der Waals surface area contributed by atoms with Crippen LogP contribution in [0.4, 0.5) is 0 Å². The van der Waals surface area contributed by atoms with Gasteiger partial charge in [0, 0.05) is 6.42 Å². The first kappa shape index (κ1) is 24.9. The highest BCUT2D eigenvalue weighted by atomic mass is 17.2. The predicted molar refractivity (Wildman–Crippen MR) is 100 cm³/mol. The Morgan fingerprint density at radius 1 is 0.885 bits per heavy atom. The fraction of sp³-hybridized carbons (Fsp3) is 0.900. The molecule has 0 aliphatic carbocycles. The van der Waals surface area contributed by atoms with Crippen LogP contribution in [0.5, 0.6) is 0 Å². The smallest absolute Gasteiger partial charge is 0.449 e. The Hall–Kier alpha value is -1.14. The van der Waals surface area contributed by atoms with Crippen LogP contribution in [0.15, 0.2) is 0 Å². The highest BCUT2D eigenvalue weighted by Gasteiger charge is 2.27. The first-order valence-electron chi connectivity index (χ1n) is 10.0. The number of aliphatic hydroxyl groups excluding tert-OH is 1. The lowest BCUT2D eigenvalue weighted by molar-refractivity contribution is -0.327. The lowest BCUT2D eigenvalue weighted by Crippen LogP contribution is -2.32. The first-order valence-corrected chi connectivity index (χ1v) is 10.0. The van der Waals surface area contributed by atoms with Crippen molar-refractivity contribution in [2.45, 2.75) is 110 Å². The van der Waals surface area contributed by atoms with E-state index in [1.165, 1.54) is 44.9 Å². The lowest BCUT2D eigenvalue weighted by atomic mass is 10.0. The number of hydrogen-bond donors (Lipinski definition) is 1. The molecule has 0 spiro atoms. The predicted octanol–water partition coefficient (Wildman–Crippen LogP) is 4.47. The van der Waals surface area contributed by atoms with Gasteiger partial charge in [-0.1, -0.05) is 64.7 Å². The third-order valence-electron chi connectivity index (χ3n) is 4.03. The molecule has 0 bridgehead atoms. The summed E-state index contributed by atoms with van der Waals surface area (Å²) in [5.74, 6) is -2.22. The minimum Gasteiger partial charge on any atom is -0.457 e. The van der Waals surface area contributed by atoms with Gasteiger partial charge in [0.1, 0.15) is 5.60 Å². The number of rotatable bonds is 15. The van der Waals surface area contributed by atoms with Gasteiger partial charge in [0.2, 0.25) is 0 Å². The van der Waals surface area contributed by atoms with E-state index in [9.17, 15) is 14.7 Å². The van der Waals surface area contributed by atoms with E-state index in [-0.39, 0.29) is 13.0 Å². The summed E-state index contributed by atoms with van der Waals surface area (Å²) < 4.78 is 4.88. The summed E-state index contributed by atoms with van der Waals surface area (Å²) in [6.45, 7) is 7.34. The number of unbranched alkanes of at least 4 members (excludes halogenated alkanes) is 9. The fourth-order valence-electron chi connectivity index (χ4n) is 2.74. The molecule has 0 radical (unpaired) electrons. The molecule has 1 N–H and O–H groups in total. The summed E-state index contributed by atoms with van der Waals surface area (Å²) in [6.07, 6.45) is 11.5. The molecule has 0 aliphatic heterocycles. The van der Waals surface area contributed by atoms with Crippen LogP contribution in [0.2, 0.25) is 0 Å². The topological polar surface area (TPSA) is 82.1 Å². The number of esters is 1. The Bertz CT molecular complexity index is 378. The third kappa shape index (κ3) is 15.1. The summed E-state index contributed by atoms with van der Waals surface area (Å²) in [4.78, 5) is 32.4. The van der Waals surface area contributed by atoms with Crippen molar-refractivity contribution in [3.8, 4) is 0 Å². The third-order valence-corrected chi connectivity index (χ3v) is 4.03. The van der Waals surface area contributed by atoms with Gasteiger partial charge in [0.05, 0.1) is 12.7 Å². The van der Waals surface area contributed by atoms with Crippen LogP contribution in [0.25, 0.3) is 0 Å². The average Bonchev–Trinajstić information content (AvgIpc) is 2.56. The van der Waals surface area contributed by atoms with Crippen LogP contribution in [-0.4, -0.2) is 35.4 Å². The number of aliphatic hydroxyl groups is 1. The van der Waals surface area contributed by atoms with Crippen LogP contribution in [0, 0.1) is 0 Å². The molecule has 0 aromatic rings. The van der Waals surface area contributed by atoms with E-state index in [2.05, 4.69) is 11.8 Å². The second-order valence-corrected chi connectivity index (χ2v) is 7.58. The summed E-state index contributed by atoms with van der Waals surface area (Å²) >= 11 is 0. The van der Waals surface area contributed by atoms with E-state index in [1.54, 1.807) is 20.8 Å². The molecule has 1 unspecified atom stereocenters. The Balaban J connectivity index is 3.60. The molecule has 0 saturated carbocycles. The van der Waals surface area contributed by atoms with Crippen LogP contribution in [0.3, 0.4) is 0 Å². The molecule has 1 atom stereocenters. The van der Waals surface area contributed by atoms with Crippen LogP contribution >= 0.6 is 0 Å². The monoisotopic (exact) mass is 374 g/mol. The first-order chi connectivity index (χ1) is 12.3. The SMILES string of the molecule is CCCCCCCCCCCCOC(=O)C(=O)OOC(C)(C)CC(C)O. The Morgan fingerprint density at radius 2 is 1.38 bits per heavy atom. The quantitative estimate of drug-likeness (QED) is 0.150. The second kappa shape index (κ2) is 15.0. The molecule has 6 heteroatoms. The average molecular weight is 375 g/mol. The van der Waals surface area contributed by atoms with E-state index >= 15 is 0 Å². The number of ether oxygens (including phenoxy) is 1. The van der Waals surface area contributed by atoms with Crippen molar-refractivity contribution >= 4 is 11.9 Å². The zero-order valence-corrected chi connectivity index (χ0v) is 17.1. The van der Waals surface area contributed by atoms with Crippen molar-refractivity contribution in [2.24, 2.45) is 0 Å². The summed E-state index contributed by atoms with van der Waals surface area (Å²) in [5, 5.41) is 9.32. The zero-order chi connectivity index (χ0) is 19.8. The maximum absolute atomic E-state index is 11.5. The van der Waals surface area contributed by atoms with Gasteiger partial charge in [0.15, 0.2) is 0 Å². The minimum atomic E-state index is -1.17. The van der Waals surface area contributed by atoms with Crippen molar-refractivity contribution in [3.63, 3.8) is 0 Å². The molecule has 0 amide bonds. The zero-order valence-electron chi connectivity index (χ0n) is 17.1. The number of carbonyl (C=O) groups is 2. The van der Waals surface area contributed by atoms with Crippen molar-refractivity contribution in [3.05, 3.63) is 0 Å². The molecule has 0 rings (SSSR count). The molecule has 154 valence electrons. The van der Waals surface area contributed by atoms with Gasteiger partial charge in [-0.15, -0.1) is 0 Å². The molecule has 6 nitrogen and oxygen atoms in total. The van der Waals surface area contributed by atoms with Gasteiger partial charge in [-0.05, 0) is 27.2 Å². The van der Waals surface area contributed by atoms with Gasteiger partial charge in [-0.2, -0.15) is 4.89 Å². The maximum atomic E-state index is 11.5. The number of carbonyl (C=O) groups excluding carboxylic acids is 2. The molecule has 0 heterocycles. The highest BCUT2D eigenvalue weighted by molar-refractivity contribution is 6.29. The van der Waals surface area contributed by atoms with Gasteiger partial charge in [0.25, 0.3) is 0 Å². The summed E-state index contributed by atoms with van der Waals surface area (Å²) in [6, 6.07) is 0. The van der Waals surface area contributed by atoms with E-state index in [0.29, 0.717) is 0 Å².